The lowest BCUT2D eigenvalue weighted by Crippen LogP contribution is -2.93. The fourth-order valence-corrected chi connectivity index (χ4v) is 18.0. The number of amides is 4. The second-order valence-corrected chi connectivity index (χ2v) is 24.2. The number of rotatable bonds is 0. The molecule has 14 nitrogen and oxygen atoms in total. The van der Waals surface area contributed by atoms with Gasteiger partial charge in [0, 0.05) is 52.8 Å². The second kappa shape index (κ2) is 10.4. The fraction of sp³-hybridized carbons (Fsp3) is 0.558. The van der Waals surface area contributed by atoms with E-state index in [1.54, 1.807) is 4.90 Å². The van der Waals surface area contributed by atoms with Crippen molar-refractivity contribution in [2.75, 3.05) is 13.1 Å². The van der Waals surface area contributed by atoms with Crippen molar-refractivity contribution in [1.82, 2.24) is 24.7 Å². The summed E-state index contributed by atoms with van der Waals surface area (Å²) in [7, 11) is 0. The van der Waals surface area contributed by atoms with Crippen LogP contribution in [0.15, 0.2) is 36.4 Å². The third-order valence-corrected chi connectivity index (χ3v) is 20.0. The van der Waals surface area contributed by atoms with Gasteiger partial charge in [0.05, 0.1) is 28.2 Å². The molecule has 66 heavy (non-hydrogen) atoms. The van der Waals surface area contributed by atoms with Crippen LogP contribution in [0, 0.1) is 22.5 Å². The number of hydrogen-bond donors (Lipinski definition) is 2. The lowest BCUT2D eigenvalue weighted by Gasteiger charge is -2.70. The van der Waals surface area contributed by atoms with E-state index in [1.165, 1.54) is 4.73 Å². The molecule has 10 fully saturated rings. The van der Waals surface area contributed by atoms with E-state index in [9.17, 15) is 5.21 Å². The van der Waals surface area contributed by atoms with Gasteiger partial charge in [-0.05, 0) is 134 Å². The minimum Gasteiger partial charge on any atom is -0.618 e. The first kappa shape index (κ1) is 38.3. The quantitative estimate of drug-likeness (QED) is 0.163. The molecule has 2 aliphatic carbocycles. The summed E-state index contributed by atoms with van der Waals surface area (Å²) in [5.41, 5.74) is -6.07. The highest BCUT2D eigenvalue weighted by Crippen LogP contribution is 2.81. The van der Waals surface area contributed by atoms with E-state index in [4.69, 9.17) is 9.47 Å². The van der Waals surface area contributed by atoms with E-state index in [2.05, 4.69) is 33.0 Å². The van der Waals surface area contributed by atoms with Gasteiger partial charge in [0.15, 0.2) is 5.71 Å². The molecule has 17 rings (SSSR count). The number of piperidine rings is 4. The Balaban J connectivity index is 1.16. The highest BCUT2D eigenvalue weighted by Gasteiger charge is 2.95. The summed E-state index contributed by atoms with van der Waals surface area (Å²) in [6, 6.07) is 6.54. The zero-order valence-corrected chi connectivity index (χ0v) is 38.6. The fourth-order valence-electron chi connectivity index (χ4n) is 18.0. The summed E-state index contributed by atoms with van der Waals surface area (Å²) in [5.74, 6) is -1.92. The molecule has 13 heterocycles. The molecule has 12 aliphatic heterocycles. The number of fused-ring (bicyclic) bond motifs is 10. The Morgan fingerprint density at radius 2 is 1.38 bits per heavy atom. The van der Waals surface area contributed by atoms with Crippen molar-refractivity contribution >= 4 is 58.1 Å². The van der Waals surface area contributed by atoms with Crippen LogP contribution in [0.25, 0.3) is 23.1 Å². The van der Waals surface area contributed by atoms with Crippen LogP contribution in [0.5, 0.6) is 11.5 Å². The van der Waals surface area contributed by atoms with Gasteiger partial charge in [-0.25, -0.2) is 0 Å². The van der Waals surface area contributed by atoms with E-state index in [0.29, 0.717) is 113 Å². The van der Waals surface area contributed by atoms with Crippen molar-refractivity contribution in [1.29, 1.82) is 0 Å². The summed E-state index contributed by atoms with van der Waals surface area (Å²) in [6.45, 7) is 17.0. The molecule has 2 aromatic carbocycles. The van der Waals surface area contributed by atoms with Gasteiger partial charge in [-0.15, -0.1) is 0 Å². The van der Waals surface area contributed by atoms with Gasteiger partial charge in [-0.2, -0.15) is 9.47 Å². The van der Waals surface area contributed by atoms with Crippen LogP contribution in [0.3, 0.4) is 0 Å². The molecule has 9 atom stereocenters. The van der Waals surface area contributed by atoms with Crippen molar-refractivity contribution in [3.8, 4) is 11.5 Å². The number of aromatic nitrogens is 1. The van der Waals surface area contributed by atoms with Gasteiger partial charge in [0.2, 0.25) is 23.4 Å². The third-order valence-electron chi connectivity index (χ3n) is 20.0. The zero-order chi connectivity index (χ0) is 45.8. The summed E-state index contributed by atoms with van der Waals surface area (Å²) >= 11 is 0. The predicted octanol–water partition coefficient (Wildman–Crippen LogP) is 5.79. The van der Waals surface area contributed by atoms with Crippen LogP contribution in [-0.4, -0.2) is 111 Å². The van der Waals surface area contributed by atoms with Gasteiger partial charge in [0.1, 0.15) is 50.3 Å². The largest absolute Gasteiger partial charge is 0.618 e. The molecule has 5 spiro atoms. The normalized spacial score (nSPS) is 40.5. The summed E-state index contributed by atoms with van der Waals surface area (Å²) in [4.78, 5) is 70.5. The number of piperazine rings is 2. The summed E-state index contributed by atoms with van der Waals surface area (Å²) in [6.07, 6.45) is 10.8. The highest BCUT2D eigenvalue weighted by atomic mass is 16.5. The van der Waals surface area contributed by atoms with Crippen LogP contribution in [0.2, 0.25) is 0 Å². The number of carbonyl (C=O) groups excluding carboxylic acids is 4. The van der Waals surface area contributed by atoms with Crippen molar-refractivity contribution in [2.45, 2.75) is 150 Å². The molecule has 0 unspecified atom stereocenters. The van der Waals surface area contributed by atoms with Gasteiger partial charge < -0.3 is 39.9 Å². The molecule has 14 aliphatic rings. The lowest BCUT2D eigenvalue weighted by molar-refractivity contribution is -0.367. The van der Waals surface area contributed by atoms with Crippen LogP contribution in [0.1, 0.15) is 128 Å². The van der Waals surface area contributed by atoms with E-state index >= 15 is 24.4 Å². The third kappa shape index (κ3) is 3.39. The first-order chi connectivity index (χ1) is 31.1. The predicted molar refractivity (Wildman–Crippen MR) is 240 cm³/mol. The second-order valence-electron chi connectivity index (χ2n) is 24.2. The average Bonchev–Trinajstić information content (AvgIpc) is 4.05. The molecule has 4 amide bonds. The summed E-state index contributed by atoms with van der Waals surface area (Å²) < 4.78 is 15.5. The zero-order valence-electron chi connectivity index (χ0n) is 38.6. The van der Waals surface area contributed by atoms with Crippen molar-refractivity contribution < 1.29 is 38.6 Å². The smallest absolute Gasteiger partial charge is 0.251 e. The van der Waals surface area contributed by atoms with Crippen molar-refractivity contribution in [3.05, 3.63) is 69.6 Å². The molecule has 2 N–H and O–H groups in total. The number of hydrogen-bond acceptors (Lipinski definition) is 8. The number of ether oxygens (including phenoxy) is 2. The molecule has 14 heteroatoms. The van der Waals surface area contributed by atoms with Gasteiger partial charge in [-0.3, -0.25) is 19.2 Å². The molecular formula is C52H54N6O8. The molecular weight excluding hydrogens is 837 g/mol. The van der Waals surface area contributed by atoms with E-state index in [0.717, 1.165) is 4.74 Å². The maximum Gasteiger partial charge on any atom is 0.251 e. The van der Waals surface area contributed by atoms with Crippen molar-refractivity contribution in [2.24, 2.45) is 17.3 Å². The molecule has 3 aromatic rings. The van der Waals surface area contributed by atoms with Crippen LogP contribution in [-0.2, 0) is 30.0 Å². The van der Waals surface area contributed by atoms with Gasteiger partial charge in [-0.1, -0.05) is 13.8 Å². The maximum atomic E-state index is 16.8. The van der Waals surface area contributed by atoms with Crippen LogP contribution in [0.4, 0.5) is 5.69 Å². The SMILES string of the molecule is CC1(C)C=Cc2c(ccc3c2[N+]([O-])=C2C(C)(C)[C@H]4C[C@@]56CCCN5C(=O)[C@@]4(NC6=O)[C@@H]4N5C(=O)[C@]67CCCN6C(=O)[C@@]56[C@H](C7)C(C)(C)c5c(c7ccc8c(c7n5O)C=CC(C)(C)O8)[C@H]6[C@@]234)O1. The van der Waals surface area contributed by atoms with Crippen LogP contribution >= 0.6 is 0 Å². The van der Waals surface area contributed by atoms with Gasteiger partial charge >= 0.3 is 0 Å². The Bertz CT molecular complexity index is 3140. The number of carbonyl (C=O) groups is 4. The first-order valence-corrected chi connectivity index (χ1v) is 24.1. The topological polar surface area (TPSA) is 160 Å². The minimum absolute atomic E-state index is 0.176. The molecule has 4 bridgehead atoms. The molecule has 340 valence electrons. The number of nitrogens with zero attached hydrogens (tertiary/aromatic N) is 5. The Labute approximate surface area is 381 Å². The first-order valence-electron chi connectivity index (χ1n) is 24.1. The van der Waals surface area contributed by atoms with E-state index < -0.39 is 73.4 Å². The minimum atomic E-state index is -1.73. The molecule has 0 radical (unpaired) electrons. The maximum absolute atomic E-state index is 16.8. The Kier molecular flexibility index (Phi) is 6.01. The summed E-state index contributed by atoms with van der Waals surface area (Å²) in [5, 5.41) is 33.8. The van der Waals surface area contributed by atoms with E-state index in [1.807, 2.05) is 86.1 Å². The number of benzene rings is 2. The van der Waals surface area contributed by atoms with Crippen molar-refractivity contribution in [3.63, 3.8) is 0 Å². The monoisotopic (exact) mass is 890 g/mol. The Morgan fingerprint density at radius 1 is 0.758 bits per heavy atom. The van der Waals surface area contributed by atoms with E-state index in [-0.39, 0.29) is 23.6 Å². The Hall–Kier alpha value is -5.79. The average molecular weight is 891 g/mol. The molecule has 1 aromatic heterocycles. The highest BCUT2D eigenvalue weighted by molar-refractivity contribution is 6.18. The number of nitrogens with one attached hydrogen (secondary N) is 1. The lowest BCUT2D eigenvalue weighted by atomic mass is 9.39. The standard InChI is InChI=1S/C52H54N6O8/c1-44(2)19-15-25-29(65-44)13-11-27-33-36-50-28-12-14-30-26(16-20-45(3,4)66-30)35(28)58(64)38(50)47(7,8)31-23-48-17-9-21-54(48)42(61)51(31,53-40(48)59)39(50)56-41(60)49-18-10-22-55(49)43(62)52(36,56)32(24-49)46(5,6)37(33)57(63)34(25)27/h11-16,19-20,31-32,36,39,63H,9-10,17-18,21-24H2,1-8H3,(H,53,59)/t31-,32-,36+,39-,48-,49-,50-,51+,52+/m1/s1. The van der Waals surface area contributed by atoms with Crippen LogP contribution < -0.4 is 14.8 Å². The molecule has 9 saturated heterocycles. The van der Waals surface area contributed by atoms with Gasteiger partial charge in [0.25, 0.3) is 5.91 Å². The Morgan fingerprint density at radius 3 is 2.09 bits per heavy atom. The molecule has 1 saturated carbocycles.